The molecule has 1 amide bonds. The lowest BCUT2D eigenvalue weighted by Crippen LogP contribution is -2.35. The molecule has 0 radical (unpaired) electrons. The minimum atomic E-state index is -0.398. The minimum Gasteiger partial charge on any atom is -0.354 e. The van der Waals surface area contributed by atoms with Gasteiger partial charge in [-0.25, -0.2) is 0 Å². The number of nitrogens with zero attached hydrogens (tertiary/aromatic N) is 2. The molecule has 0 unspecified atom stereocenters. The van der Waals surface area contributed by atoms with Gasteiger partial charge in [0.05, 0.1) is 19.5 Å². The molecule has 2 heterocycles. The molecule has 7 heteroatoms. The highest BCUT2D eigenvalue weighted by atomic mass is 32.2. The highest BCUT2D eigenvalue weighted by molar-refractivity contribution is 8.16. The van der Waals surface area contributed by atoms with Gasteiger partial charge in [-0.05, 0) is 5.41 Å². The van der Waals surface area contributed by atoms with E-state index in [0.29, 0.717) is 13.0 Å². The smallest absolute Gasteiger partial charge is 0.226 e. The van der Waals surface area contributed by atoms with Crippen LogP contribution in [0.4, 0.5) is 0 Å². The van der Waals surface area contributed by atoms with Crippen LogP contribution in [0.1, 0.15) is 6.42 Å². The number of fused-ring (bicyclic) bond motifs is 1. The number of carbonyl (C=O) groups is 1. The van der Waals surface area contributed by atoms with Crippen LogP contribution in [-0.2, 0) is 14.3 Å². The summed E-state index contributed by atoms with van der Waals surface area (Å²) in [7, 11) is 3.09. The van der Waals surface area contributed by atoms with Gasteiger partial charge in [0.25, 0.3) is 0 Å². The maximum atomic E-state index is 11.8. The van der Waals surface area contributed by atoms with Gasteiger partial charge in [-0.1, -0.05) is 11.8 Å². The van der Waals surface area contributed by atoms with Crippen LogP contribution >= 0.6 is 11.8 Å². The van der Waals surface area contributed by atoms with Crippen molar-refractivity contribution in [3.8, 4) is 0 Å². The number of methoxy groups -OCH3 is 2. The Bertz CT molecular complexity index is 380. The number of thioether (sulfide) groups is 1. The van der Waals surface area contributed by atoms with Gasteiger partial charge in [-0.2, -0.15) is 0 Å². The Morgan fingerprint density at radius 1 is 1.61 bits per heavy atom. The highest BCUT2D eigenvalue weighted by Crippen LogP contribution is 2.30. The maximum absolute atomic E-state index is 11.8. The van der Waals surface area contributed by atoms with Crippen molar-refractivity contribution >= 4 is 22.8 Å². The number of amides is 1. The van der Waals surface area contributed by atoms with Gasteiger partial charge >= 0.3 is 0 Å². The van der Waals surface area contributed by atoms with Crippen LogP contribution in [0.15, 0.2) is 16.1 Å². The topological polar surface area (TPSA) is 63.2 Å². The fraction of sp³-hybridized carbons (Fsp3) is 0.636. The molecule has 2 aliphatic rings. The van der Waals surface area contributed by atoms with Crippen molar-refractivity contribution in [3.05, 3.63) is 11.1 Å². The molecule has 0 bridgehead atoms. The lowest BCUT2D eigenvalue weighted by Gasteiger charge is -2.17. The summed E-state index contributed by atoms with van der Waals surface area (Å²) in [6.45, 7) is 2.05. The molecule has 18 heavy (non-hydrogen) atoms. The normalized spacial score (nSPS) is 17.8. The summed E-state index contributed by atoms with van der Waals surface area (Å²) in [5, 5.41) is 5.78. The number of ether oxygens (including phenoxy) is 2. The van der Waals surface area contributed by atoms with Crippen LogP contribution in [0.5, 0.6) is 0 Å². The zero-order valence-electron chi connectivity index (χ0n) is 10.5. The van der Waals surface area contributed by atoms with Crippen LogP contribution in [0.3, 0.4) is 0 Å². The van der Waals surface area contributed by atoms with Crippen molar-refractivity contribution in [2.75, 3.05) is 33.9 Å². The summed E-state index contributed by atoms with van der Waals surface area (Å²) < 4.78 is 10.0. The first-order valence-electron chi connectivity index (χ1n) is 5.74. The molecule has 0 aromatic carbocycles. The van der Waals surface area contributed by atoms with E-state index >= 15 is 0 Å². The van der Waals surface area contributed by atoms with Crippen molar-refractivity contribution in [1.82, 2.24) is 10.2 Å². The Labute approximate surface area is 110 Å². The fourth-order valence-corrected chi connectivity index (χ4v) is 2.76. The van der Waals surface area contributed by atoms with Crippen LogP contribution < -0.4 is 5.32 Å². The molecule has 0 fully saturated rings. The van der Waals surface area contributed by atoms with Gasteiger partial charge < -0.3 is 19.7 Å². The molecule has 0 aromatic rings. The monoisotopic (exact) mass is 271 g/mol. The van der Waals surface area contributed by atoms with Crippen molar-refractivity contribution in [2.45, 2.75) is 12.7 Å². The number of aliphatic imine (C=N–C) groups is 1. The largest absolute Gasteiger partial charge is 0.354 e. The number of rotatable bonds is 6. The molecule has 0 saturated carbocycles. The molecule has 0 aromatic heterocycles. The van der Waals surface area contributed by atoms with E-state index in [1.807, 2.05) is 5.41 Å². The first-order chi connectivity index (χ1) is 8.74. The number of amidine groups is 1. The van der Waals surface area contributed by atoms with Gasteiger partial charge in [-0.3, -0.25) is 9.79 Å². The predicted octanol–water partition coefficient (Wildman–Crippen LogP) is 0.371. The van der Waals surface area contributed by atoms with E-state index in [1.165, 1.54) is 0 Å². The Morgan fingerprint density at radius 2 is 2.39 bits per heavy atom. The lowest BCUT2D eigenvalue weighted by atomic mass is 10.3. The van der Waals surface area contributed by atoms with E-state index in [1.54, 1.807) is 26.0 Å². The van der Waals surface area contributed by atoms with Crippen molar-refractivity contribution in [3.63, 3.8) is 0 Å². The molecule has 100 valence electrons. The second-order valence-corrected chi connectivity index (χ2v) is 4.76. The Morgan fingerprint density at radius 3 is 3.11 bits per heavy atom. The standard InChI is InChI=1S/C11H17N3O3S/c1-16-10(17-2)6-13-9(15)5-8-7-18-11-12-3-4-14(8)11/h7,10H,3-6H2,1-2H3,(H,13,15). The summed E-state index contributed by atoms with van der Waals surface area (Å²) in [5.41, 5.74) is 1.01. The third kappa shape index (κ3) is 3.04. The average molecular weight is 271 g/mol. The highest BCUT2D eigenvalue weighted by Gasteiger charge is 2.27. The molecule has 1 N–H and O–H groups in total. The van der Waals surface area contributed by atoms with E-state index in [-0.39, 0.29) is 5.91 Å². The summed E-state index contributed by atoms with van der Waals surface area (Å²) >= 11 is 1.58. The number of nitrogens with one attached hydrogen (secondary N) is 1. The summed E-state index contributed by atoms with van der Waals surface area (Å²) in [6, 6.07) is 0. The Balaban J connectivity index is 1.76. The molecular weight excluding hydrogens is 254 g/mol. The van der Waals surface area contributed by atoms with E-state index < -0.39 is 6.29 Å². The molecule has 0 saturated heterocycles. The van der Waals surface area contributed by atoms with E-state index in [4.69, 9.17) is 9.47 Å². The van der Waals surface area contributed by atoms with Crippen LogP contribution in [0.25, 0.3) is 0 Å². The second kappa shape index (κ2) is 6.21. The van der Waals surface area contributed by atoms with Crippen molar-refractivity contribution in [2.24, 2.45) is 4.99 Å². The third-order valence-corrected chi connectivity index (χ3v) is 3.73. The van der Waals surface area contributed by atoms with Gasteiger partial charge in [0, 0.05) is 26.5 Å². The quantitative estimate of drug-likeness (QED) is 0.707. The predicted molar refractivity (Wildman–Crippen MR) is 70.1 cm³/mol. The number of carbonyl (C=O) groups excluding carboxylic acids is 1. The fourth-order valence-electron chi connectivity index (χ4n) is 1.80. The summed E-state index contributed by atoms with van der Waals surface area (Å²) in [4.78, 5) is 18.2. The van der Waals surface area contributed by atoms with Gasteiger partial charge in [0.2, 0.25) is 5.91 Å². The average Bonchev–Trinajstić information content (AvgIpc) is 2.95. The molecule has 2 rings (SSSR count). The molecular formula is C11H17N3O3S. The van der Waals surface area contributed by atoms with E-state index in [2.05, 4.69) is 15.2 Å². The minimum absolute atomic E-state index is 0.0332. The molecule has 2 aliphatic heterocycles. The van der Waals surface area contributed by atoms with Crippen LogP contribution in [-0.4, -0.2) is 56.1 Å². The molecule has 0 spiro atoms. The van der Waals surface area contributed by atoms with E-state index in [0.717, 1.165) is 24.0 Å². The first-order valence-corrected chi connectivity index (χ1v) is 6.62. The Hall–Kier alpha value is -1.05. The second-order valence-electron chi connectivity index (χ2n) is 3.92. The van der Waals surface area contributed by atoms with Gasteiger partial charge in [0.15, 0.2) is 11.5 Å². The number of hydrogen-bond donors (Lipinski definition) is 1. The van der Waals surface area contributed by atoms with E-state index in [9.17, 15) is 4.79 Å². The molecule has 0 atom stereocenters. The van der Waals surface area contributed by atoms with Gasteiger partial charge in [-0.15, -0.1) is 0 Å². The molecule has 0 aliphatic carbocycles. The number of hydrogen-bond acceptors (Lipinski definition) is 6. The van der Waals surface area contributed by atoms with Gasteiger partial charge in [0.1, 0.15) is 0 Å². The maximum Gasteiger partial charge on any atom is 0.226 e. The summed E-state index contributed by atoms with van der Waals surface area (Å²) in [5.74, 6) is -0.0332. The van der Waals surface area contributed by atoms with Crippen LogP contribution in [0, 0.1) is 0 Å². The van der Waals surface area contributed by atoms with Crippen LogP contribution in [0.2, 0.25) is 0 Å². The molecule has 6 nitrogen and oxygen atoms in total. The Kier molecular flexibility index (Phi) is 4.62. The lowest BCUT2D eigenvalue weighted by molar-refractivity contribution is -0.127. The zero-order valence-corrected chi connectivity index (χ0v) is 11.3. The van der Waals surface area contributed by atoms with Crippen molar-refractivity contribution < 1.29 is 14.3 Å². The SMILES string of the molecule is COC(CNC(=O)CC1=CSC2=NCCN12)OC. The zero-order chi connectivity index (χ0) is 13.0. The summed E-state index contributed by atoms with van der Waals surface area (Å²) in [6.07, 6.45) is -0.0311. The first kappa shape index (κ1) is 13.4. The third-order valence-electron chi connectivity index (χ3n) is 2.78. The van der Waals surface area contributed by atoms with Crippen molar-refractivity contribution in [1.29, 1.82) is 0 Å².